The van der Waals surface area contributed by atoms with Gasteiger partial charge in [0.25, 0.3) is 10.0 Å². The van der Waals surface area contributed by atoms with Crippen molar-refractivity contribution in [2.45, 2.75) is 9.79 Å². The van der Waals surface area contributed by atoms with Gasteiger partial charge in [-0.25, -0.2) is 21.2 Å². The largest absolute Gasteiger partial charge is 0.279 e. The molecule has 0 aliphatic carbocycles. The Hall–Kier alpha value is -1.93. The molecule has 0 aromatic heterocycles. The number of nitrogens with one attached hydrogen (secondary N) is 1. The number of sulfone groups is 1. The highest BCUT2D eigenvalue weighted by Gasteiger charge is 2.23. The van der Waals surface area contributed by atoms with E-state index in [-0.39, 0.29) is 15.5 Å². The first kappa shape index (κ1) is 15.5. The number of sulfonamides is 1. The lowest BCUT2D eigenvalue weighted by Crippen LogP contribution is -2.16. The molecule has 2 aromatic carbocycles. The second-order valence-corrected chi connectivity index (χ2v) is 7.97. The summed E-state index contributed by atoms with van der Waals surface area (Å²) in [7, 11) is -7.85. The Labute approximate surface area is 122 Å². The van der Waals surface area contributed by atoms with Crippen LogP contribution < -0.4 is 4.72 Å². The van der Waals surface area contributed by atoms with E-state index in [1.807, 2.05) is 0 Å². The maximum atomic E-state index is 13.1. The van der Waals surface area contributed by atoms with Crippen molar-refractivity contribution >= 4 is 25.5 Å². The molecule has 0 atom stereocenters. The van der Waals surface area contributed by atoms with Gasteiger partial charge in [0, 0.05) is 6.26 Å². The van der Waals surface area contributed by atoms with Crippen LogP contribution in [0.4, 0.5) is 10.1 Å². The fraction of sp³-hybridized carbons (Fsp3) is 0.0769. The first-order valence-electron chi connectivity index (χ1n) is 5.77. The van der Waals surface area contributed by atoms with E-state index in [9.17, 15) is 21.2 Å². The molecule has 2 rings (SSSR count). The summed E-state index contributed by atoms with van der Waals surface area (Å²) in [6, 6.07) is 10.1. The number of rotatable bonds is 4. The molecule has 21 heavy (non-hydrogen) atoms. The van der Waals surface area contributed by atoms with Crippen molar-refractivity contribution < 1.29 is 21.2 Å². The van der Waals surface area contributed by atoms with E-state index in [4.69, 9.17) is 0 Å². The number of anilines is 1. The minimum Gasteiger partial charge on any atom is -0.279 e. The third-order valence-corrected chi connectivity index (χ3v) is 5.34. The summed E-state index contributed by atoms with van der Waals surface area (Å²) in [5, 5.41) is 0. The van der Waals surface area contributed by atoms with Crippen LogP contribution in [0.25, 0.3) is 0 Å². The van der Waals surface area contributed by atoms with Crippen LogP contribution in [-0.4, -0.2) is 23.1 Å². The van der Waals surface area contributed by atoms with Gasteiger partial charge in [-0.2, -0.15) is 0 Å². The van der Waals surface area contributed by atoms with E-state index in [0.29, 0.717) is 0 Å². The molecule has 0 unspecified atom stereocenters. The van der Waals surface area contributed by atoms with Crippen molar-refractivity contribution in [1.82, 2.24) is 0 Å². The smallest absolute Gasteiger partial charge is 0.263 e. The second-order valence-electron chi connectivity index (χ2n) is 4.33. The highest BCUT2D eigenvalue weighted by atomic mass is 32.2. The zero-order valence-corrected chi connectivity index (χ0v) is 12.6. The van der Waals surface area contributed by atoms with Crippen LogP contribution in [0, 0.1) is 5.82 Å². The van der Waals surface area contributed by atoms with Gasteiger partial charge in [0.15, 0.2) is 9.84 Å². The summed E-state index contributed by atoms with van der Waals surface area (Å²) in [4.78, 5) is -0.689. The molecule has 5 nitrogen and oxygen atoms in total. The number of halogens is 1. The third-order valence-electron chi connectivity index (χ3n) is 2.61. The van der Waals surface area contributed by atoms with Crippen molar-refractivity contribution in [3.05, 3.63) is 54.3 Å². The number of hydrogen-bond acceptors (Lipinski definition) is 4. The standard InChI is InChI=1S/C13H12FNO4S2/c1-20(16,17)12-7-2-3-8-13(12)21(18,19)15-11-6-4-5-10(14)9-11/h2-9,15H,1H3. The van der Waals surface area contributed by atoms with Gasteiger partial charge in [0.05, 0.1) is 10.6 Å². The zero-order chi connectivity index (χ0) is 15.7. The van der Waals surface area contributed by atoms with Crippen LogP contribution in [0.1, 0.15) is 0 Å². The molecule has 0 spiro atoms. The monoisotopic (exact) mass is 329 g/mol. The van der Waals surface area contributed by atoms with E-state index < -0.39 is 25.7 Å². The third kappa shape index (κ3) is 3.59. The summed E-state index contributed by atoms with van der Waals surface area (Å²) < 4.78 is 63.1. The average Bonchev–Trinajstić information content (AvgIpc) is 2.37. The summed E-state index contributed by atoms with van der Waals surface area (Å²) in [6.07, 6.45) is 0.920. The molecule has 8 heteroatoms. The van der Waals surface area contributed by atoms with Gasteiger partial charge in [-0.3, -0.25) is 4.72 Å². The fourth-order valence-corrected chi connectivity index (χ4v) is 4.42. The van der Waals surface area contributed by atoms with Crippen molar-refractivity contribution in [1.29, 1.82) is 0 Å². The Balaban J connectivity index is 2.51. The highest BCUT2D eigenvalue weighted by Crippen LogP contribution is 2.23. The molecule has 112 valence electrons. The van der Waals surface area contributed by atoms with Gasteiger partial charge in [-0.1, -0.05) is 18.2 Å². The van der Waals surface area contributed by atoms with E-state index in [0.717, 1.165) is 12.3 Å². The van der Waals surface area contributed by atoms with Gasteiger partial charge in [0.2, 0.25) is 0 Å². The Morgan fingerprint density at radius 2 is 1.52 bits per heavy atom. The van der Waals surface area contributed by atoms with E-state index in [1.54, 1.807) is 0 Å². The Morgan fingerprint density at radius 1 is 0.905 bits per heavy atom. The van der Waals surface area contributed by atoms with Crippen molar-refractivity contribution in [2.24, 2.45) is 0 Å². The molecule has 0 bridgehead atoms. The first-order chi connectivity index (χ1) is 9.70. The molecule has 0 saturated heterocycles. The molecular weight excluding hydrogens is 317 g/mol. The lowest BCUT2D eigenvalue weighted by molar-refractivity contribution is 0.588. The number of hydrogen-bond donors (Lipinski definition) is 1. The minimum atomic E-state index is -4.14. The molecule has 0 heterocycles. The first-order valence-corrected chi connectivity index (χ1v) is 9.15. The molecular formula is C13H12FNO4S2. The maximum absolute atomic E-state index is 13.1. The summed E-state index contributed by atoms with van der Waals surface area (Å²) in [6.45, 7) is 0. The number of benzene rings is 2. The van der Waals surface area contributed by atoms with Gasteiger partial charge >= 0.3 is 0 Å². The van der Waals surface area contributed by atoms with Crippen molar-refractivity contribution in [2.75, 3.05) is 11.0 Å². The summed E-state index contributed by atoms with van der Waals surface area (Å²) >= 11 is 0. The molecule has 1 N–H and O–H groups in total. The lowest BCUT2D eigenvalue weighted by Gasteiger charge is -2.11. The molecule has 0 aliphatic rings. The maximum Gasteiger partial charge on any atom is 0.263 e. The predicted molar refractivity (Wildman–Crippen MR) is 76.8 cm³/mol. The van der Waals surface area contributed by atoms with Gasteiger partial charge in [-0.05, 0) is 30.3 Å². The van der Waals surface area contributed by atoms with E-state index in [1.165, 1.54) is 42.5 Å². The van der Waals surface area contributed by atoms with Crippen molar-refractivity contribution in [3.63, 3.8) is 0 Å². The van der Waals surface area contributed by atoms with Gasteiger partial charge in [0.1, 0.15) is 10.7 Å². The molecule has 0 amide bonds. The van der Waals surface area contributed by atoms with Crippen LogP contribution in [-0.2, 0) is 19.9 Å². The average molecular weight is 329 g/mol. The molecule has 0 fully saturated rings. The van der Waals surface area contributed by atoms with Crippen LogP contribution in [0.2, 0.25) is 0 Å². The zero-order valence-electron chi connectivity index (χ0n) is 10.9. The molecule has 2 aromatic rings. The van der Waals surface area contributed by atoms with Gasteiger partial charge < -0.3 is 0 Å². The Morgan fingerprint density at radius 3 is 2.10 bits per heavy atom. The molecule has 0 saturated carbocycles. The quantitative estimate of drug-likeness (QED) is 0.931. The minimum absolute atomic E-state index is 0.0123. The van der Waals surface area contributed by atoms with Crippen LogP contribution in [0.3, 0.4) is 0 Å². The normalized spacial score (nSPS) is 12.1. The fourth-order valence-electron chi connectivity index (χ4n) is 1.74. The molecule has 0 aliphatic heterocycles. The van der Waals surface area contributed by atoms with Gasteiger partial charge in [-0.15, -0.1) is 0 Å². The lowest BCUT2D eigenvalue weighted by atomic mass is 10.3. The Bertz CT molecular complexity index is 877. The van der Waals surface area contributed by atoms with Crippen LogP contribution in [0.15, 0.2) is 58.3 Å². The van der Waals surface area contributed by atoms with Crippen LogP contribution in [0.5, 0.6) is 0 Å². The Kier molecular flexibility index (Phi) is 4.02. The second kappa shape index (κ2) is 5.45. The summed E-state index contributed by atoms with van der Waals surface area (Å²) in [5.74, 6) is -0.605. The topological polar surface area (TPSA) is 80.3 Å². The van der Waals surface area contributed by atoms with Crippen LogP contribution >= 0.6 is 0 Å². The summed E-state index contributed by atoms with van der Waals surface area (Å²) in [5.41, 5.74) is 0.0123. The SMILES string of the molecule is CS(=O)(=O)c1ccccc1S(=O)(=O)Nc1cccc(F)c1. The van der Waals surface area contributed by atoms with Crippen molar-refractivity contribution in [3.8, 4) is 0 Å². The highest BCUT2D eigenvalue weighted by molar-refractivity contribution is 7.95. The van der Waals surface area contributed by atoms with E-state index in [2.05, 4.69) is 4.72 Å². The molecule has 0 radical (unpaired) electrons. The van der Waals surface area contributed by atoms with E-state index >= 15 is 0 Å². The predicted octanol–water partition coefficient (Wildman–Crippen LogP) is 2.03.